The summed E-state index contributed by atoms with van der Waals surface area (Å²) in [5, 5.41) is 9.77. The highest BCUT2D eigenvalue weighted by molar-refractivity contribution is 5.96. The van der Waals surface area contributed by atoms with Crippen molar-refractivity contribution in [1.82, 2.24) is 20.4 Å². The molecule has 26 heavy (non-hydrogen) atoms. The van der Waals surface area contributed by atoms with Gasteiger partial charge in [0.1, 0.15) is 0 Å². The molecule has 5 nitrogen and oxygen atoms in total. The van der Waals surface area contributed by atoms with Crippen LogP contribution in [-0.4, -0.2) is 27.8 Å². The van der Waals surface area contributed by atoms with Crippen LogP contribution >= 0.6 is 0 Å². The number of aromatic nitrogens is 2. The number of rotatable bonds is 4. The van der Waals surface area contributed by atoms with E-state index in [1.54, 1.807) is 18.4 Å². The van der Waals surface area contributed by atoms with Gasteiger partial charge in [0.2, 0.25) is 0 Å². The van der Waals surface area contributed by atoms with Crippen LogP contribution in [0, 0.1) is 0 Å². The fourth-order valence-electron chi connectivity index (χ4n) is 3.42. The lowest BCUT2D eigenvalue weighted by atomic mass is 9.95. The summed E-state index contributed by atoms with van der Waals surface area (Å²) in [5.74, 6) is -0.193. The van der Waals surface area contributed by atoms with Gasteiger partial charge in [0.15, 0.2) is 5.69 Å². The zero-order valence-corrected chi connectivity index (χ0v) is 14.9. The van der Waals surface area contributed by atoms with Crippen LogP contribution < -0.4 is 10.6 Å². The van der Waals surface area contributed by atoms with E-state index in [1.807, 2.05) is 13.8 Å². The lowest BCUT2D eigenvalue weighted by Gasteiger charge is -2.21. The molecule has 1 unspecified atom stereocenters. The maximum Gasteiger partial charge on any atom is 0.435 e. The third kappa shape index (κ3) is 3.94. The van der Waals surface area contributed by atoms with Gasteiger partial charge < -0.3 is 10.6 Å². The van der Waals surface area contributed by atoms with Gasteiger partial charge in [-0.25, -0.2) is 0 Å². The van der Waals surface area contributed by atoms with Crippen molar-refractivity contribution in [3.05, 3.63) is 40.9 Å². The van der Waals surface area contributed by atoms with Gasteiger partial charge in [-0.15, -0.1) is 0 Å². The topological polar surface area (TPSA) is 59.0 Å². The van der Waals surface area contributed by atoms with Gasteiger partial charge in [-0.1, -0.05) is 0 Å². The van der Waals surface area contributed by atoms with E-state index in [-0.39, 0.29) is 24.5 Å². The van der Waals surface area contributed by atoms with Gasteiger partial charge in [-0.3, -0.25) is 9.48 Å². The lowest BCUT2D eigenvalue weighted by Crippen LogP contribution is -2.36. The Hall–Kier alpha value is -2.25. The maximum atomic E-state index is 13.3. The van der Waals surface area contributed by atoms with Crippen molar-refractivity contribution in [1.29, 1.82) is 0 Å². The quantitative estimate of drug-likeness (QED) is 0.859. The van der Waals surface area contributed by atoms with Crippen molar-refractivity contribution in [2.75, 3.05) is 0 Å². The number of nitrogens with one attached hydrogen (secondary N) is 2. The van der Waals surface area contributed by atoms with Crippen LogP contribution in [0.1, 0.15) is 43.6 Å². The molecule has 0 spiro atoms. The molecule has 1 amide bonds. The van der Waals surface area contributed by atoms with Gasteiger partial charge in [0.25, 0.3) is 5.91 Å². The van der Waals surface area contributed by atoms with Crippen LogP contribution in [0.3, 0.4) is 0 Å². The minimum atomic E-state index is -4.44. The highest BCUT2D eigenvalue weighted by atomic mass is 19.4. The van der Waals surface area contributed by atoms with Crippen molar-refractivity contribution < 1.29 is 18.0 Å². The fraction of sp³-hybridized carbons (Fsp3) is 0.556. The molecule has 0 saturated heterocycles. The van der Waals surface area contributed by atoms with Crippen LogP contribution in [0.2, 0.25) is 0 Å². The molecule has 0 bridgehead atoms. The van der Waals surface area contributed by atoms with E-state index in [0.717, 1.165) is 12.8 Å². The number of carbonyl (C=O) groups is 1. The largest absolute Gasteiger partial charge is 0.435 e. The zero-order valence-electron chi connectivity index (χ0n) is 14.9. The summed E-state index contributed by atoms with van der Waals surface area (Å²) in [7, 11) is 0. The van der Waals surface area contributed by atoms with Crippen LogP contribution in [0.25, 0.3) is 0 Å². The molecule has 2 aliphatic rings. The molecule has 0 radical (unpaired) electrons. The van der Waals surface area contributed by atoms with Crippen LogP contribution in [-0.2, 0) is 30.4 Å². The Bertz CT molecular complexity index is 746. The van der Waals surface area contributed by atoms with E-state index in [2.05, 4.69) is 15.7 Å². The molecule has 0 fully saturated rings. The van der Waals surface area contributed by atoms with E-state index in [1.165, 1.54) is 4.68 Å². The molecular formula is C18H23F3N4O. The number of amides is 1. The first-order valence-corrected chi connectivity index (χ1v) is 8.86. The average molecular weight is 368 g/mol. The standard InChI is InChI=1S/C18H23F3N4O/c1-11(2)23-17(26)12-7-8-22-13(9-12)10-25-15-6-4-3-5-14(15)16(24-25)18(19,20)21/h7-9,11,13,22H,3-6,10H2,1-2H3,(H,23,26). The van der Waals surface area contributed by atoms with E-state index >= 15 is 0 Å². The van der Waals surface area contributed by atoms with Crippen molar-refractivity contribution in [3.63, 3.8) is 0 Å². The van der Waals surface area contributed by atoms with Crippen molar-refractivity contribution in [2.24, 2.45) is 0 Å². The number of hydrogen-bond donors (Lipinski definition) is 2. The minimum Gasteiger partial charge on any atom is -0.383 e. The Labute approximate surface area is 150 Å². The Kier molecular flexibility index (Phi) is 5.11. The highest BCUT2D eigenvalue weighted by Gasteiger charge is 2.39. The third-order valence-corrected chi connectivity index (χ3v) is 4.53. The molecule has 1 atom stereocenters. The maximum absolute atomic E-state index is 13.3. The molecule has 1 aliphatic heterocycles. The Balaban J connectivity index is 1.83. The minimum absolute atomic E-state index is 0.0117. The van der Waals surface area contributed by atoms with Crippen LogP contribution in [0.5, 0.6) is 0 Å². The number of nitrogens with zero attached hydrogens (tertiary/aromatic N) is 2. The molecule has 1 aliphatic carbocycles. The van der Waals surface area contributed by atoms with Crippen LogP contribution in [0.15, 0.2) is 23.9 Å². The second-order valence-electron chi connectivity index (χ2n) is 7.02. The molecule has 3 rings (SSSR count). The van der Waals surface area contributed by atoms with Crippen molar-refractivity contribution in [3.8, 4) is 0 Å². The predicted molar refractivity (Wildman–Crippen MR) is 91.3 cm³/mol. The van der Waals surface area contributed by atoms with Crippen molar-refractivity contribution in [2.45, 2.75) is 64.3 Å². The Morgan fingerprint density at radius 1 is 1.38 bits per heavy atom. The molecular weight excluding hydrogens is 345 g/mol. The number of fused-ring (bicyclic) bond motifs is 1. The summed E-state index contributed by atoms with van der Waals surface area (Å²) >= 11 is 0. The predicted octanol–water partition coefficient (Wildman–Crippen LogP) is 2.72. The molecule has 1 aromatic heterocycles. The number of halogens is 3. The van der Waals surface area contributed by atoms with Crippen molar-refractivity contribution >= 4 is 5.91 Å². The van der Waals surface area contributed by atoms with Gasteiger partial charge in [0.05, 0.1) is 12.6 Å². The molecule has 2 N–H and O–H groups in total. The smallest absolute Gasteiger partial charge is 0.383 e. The first-order valence-electron chi connectivity index (χ1n) is 8.86. The SMILES string of the molecule is CC(C)NC(=O)C1=CC(Cn2nc(C(F)(F)F)c3c2CCCC3)NC=C1. The van der Waals surface area contributed by atoms with Crippen LogP contribution in [0.4, 0.5) is 13.2 Å². The molecule has 2 heterocycles. The zero-order chi connectivity index (χ0) is 18.9. The lowest BCUT2D eigenvalue weighted by molar-refractivity contribution is -0.142. The normalized spacial score (nSPS) is 19.8. The third-order valence-electron chi connectivity index (χ3n) is 4.53. The first-order chi connectivity index (χ1) is 12.3. The van der Waals surface area contributed by atoms with Gasteiger partial charge in [-0.05, 0) is 57.9 Å². The van der Waals surface area contributed by atoms with Gasteiger partial charge in [0, 0.05) is 22.9 Å². The molecule has 0 saturated carbocycles. The number of hydrogen-bond acceptors (Lipinski definition) is 3. The number of alkyl halides is 3. The van der Waals surface area contributed by atoms with E-state index < -0.39 is 11.9 Å². The van der Waals surface area contributed by atoms with Gasteiger partial charge >= 0.3 is 6.18 Å². The summed E-state index contributed by atoms with van der Waals surface area (Å²) in [4.78, 5) is 12.1. The monoisotopic (exact) mass is 368 g/mol. The van der Waals surface area contributed by atoms with E-state index in [0.29, 0.717) is 29.7 Å². The summed E-state index contributed by atoms with van der Waals surface area (Å²) in [5.41, 5.74) is 0.734. The van der Waals surface area contributed by atoms with Gasteiger partial charge in [-0.2, -0.15) is 18.3 Å². The number of carbonyl (C=O) groups excluding carboxylic acids is 1. The Morgan fingerprint density at radius 2 is 2.12 bits per heavy atom. The molecule has 8 heteroatoms. The summed E-state index contributed by atoms with van der Waals surface area (Å²) in [6.07, 6.45) is 3.25. The van der Waals surface area contributed by atoms with E-state index in [4.69, 9.17) is 0 Å². The average Bonchev–Trinajstić information content (AvgIpc) is 2.94. The summed E-state index contributed by atoms with van der Waals surface area (Å²) < 4.78 is 41.3. The molecule has 1 aromatic rings. The van der Waals surface area contributed by atoms with E-state index in [9.17, 15) is 18.0 Å². The second-order valence-corrected chi connectivity index (χ2v) is 7.02. The fourth-order valence-corrected chi connectivity index (χ4v) is 3.42. The highest BCUT2D eigenvalue weighted by Crippen LogP contribution is 2.35. The molecule has 0 aromatic carbocycles. The number of dihydropyridines is 1. The second kappa shape index (κ2) is 7.17. The summed E-state index contributed by atoms with van der Waals surface area (Å²) in [6, 6.07) is -0.280. The first kappa shape index (κ1) is 18.5. The summed E-state index contributed by atoms with van der Waals surface area (Å²) in [6.45, 7) is 3.99. The molecule has 142 valence electrons. The Morgan fingerprint density at radius 3 is 2.81 bits per heavy atom.